The molecule has 0 bridgehead atoms. The standard InChI is InChI=1S/C17H10BrFN2O3/c18-10-3-7-12(8-4-10)21-16(22)13-14(20-24-15(13)17(21)23)9-1-5-11(19)6-2-9/h1-8,13,15H. The van der Waals surface area contributed by atoms with Crippen LogP contribution in [0.5, 0.6) is 0 Å². The summed E-state index contributed by atoms with van der Waals surface area (Å²) in [6.45, 7) is 0. The van der Waals surface area contributed by atoms with E-state index in [-0.39, 0.29) is 5.82 Å². The number of hydrogen-bond acceptors (Lipinski definition) is 4. The molecular weight excluding hydrogens is 379 g/mol. The molecule has 0 aliphatic carbocycles. The van der Waals surface area contributed by atoms with Crippen molar-refractivity contribution < 1.29 is 18.8 Å². The average Bonchev–Trinajstić information content (AvgIpc) is 3.11. The zero-order chi connectivity index (χ0) is 16.8. The molecule has 0 radical (unpaired) electrons. The predicted octanol–water partition coefficient (Wildman–Crippen LogP) is 2.88. The van der Waals surface area contributed by atoms with Crippen LogP contribution >= 0.6 is 15.9 Å². The van der Waals surface area contributed by atoms with Gasteiger partial charge in [-0.2, -0.15) is 0 Å². The number of anilines is 1. The highest BCUT2D eigenvalue weighted by Crippen LogP contribution is 2.35. The summed E-state index contributed by atoms with van der Waals surface area (Å²) in [6.07, 6.45) is -0.971. The van der Waals surface area contributed by atoms with Crippen molar-refractivity contribution in [2.75, 3.05) is 4.90 Å². The van der Waals surface area contributed by atoms with Crippen LogP contribution in [0.25, 0.3) is 0 Å². The molecule has 120 valence electrons. The van der Waals surface area contributed by atoms with Crippen molar-refractivity contribution >= 4 is 39.1 Å². The molecule has 2 atom stereocenters. The van der Waals surface area contributed by atoms with Crippen molar-refractivity contribution in [2.24, 2.45) is 11.1 Å². The first-order valence-corrected chi connectivity index (χ1v) is 7.98. The summed E-state index contributed by atoms with van der Waals surface area (Å²) in [7, 11) is 0. The summed E-state index contributed by atoms with van der Waals surface area (Å²) in [5.41, 5.74) is 1.38. The lowest BCUT2D eigenvalue weighted by atomic mass is 9.94. The topological polar surface area (TPSA) is 59.0 Å². The van der Waals surface area contributed by atoms with Crippen LogP contribution in [-0.2, 0) is 14.4 Å². The molecule has 2 aliphatic rings. The molecule has 2 heterocycles. The molecule has 24 heavy (non-hydrogen) atoms. The lowest BCUT2D eigenvalue weighted by molar-refractivity contribution is -0.126. The third kappa shape index (κ3) is 2.24. The lowest BCUT2D eigenvalue weighted by Gasteiger charge is -2.15. The Kier molecular flexibility index (Phi) is 3.45. The predicted molar refractivity (Wildman–Crippen MR) is 87.9 cm³/mol. The Balaban J connectivity index is 1.69. The minimum absolute atomic E-state index is 0.345. The van der Waals surface area contributed by atoms with Crippen LogP contribution in [-0.4, -0.2) is 23.6 Å². The van der Waals surface area contributed by atoms with E-state index in [1.807, 2.05) is 0 Å². The zero-order valence-electron chi connectivity index (χ0n) is 12.1. The number of rotatable bonds is 2. The van der Waals surface area contributed by atoms with E-state index in [4.69, 9.17) is 4.84 Å². The summed E-state index contributed by atoms with van der Waals surface area (Å²) < 4.78 is 13.9. The summed E-state index contributed by atoms with van der Waals surface area (Å²) in [5.74, 6) is -2.05. The van der Waals surface area contributed by atoms with Gasteiger partial charge in [-0.3, -0.25) is 9.59 Å². The van der Waals surface area contributed by atoms with E-state index in [1.54, 1.807) is 24.3 Å². The molecule has 2 aliphatic heterocycles. The van der Waals surface area contributed by atoms with Gasteiger partial charge in [0.15, 0.2) is 0 Å². The number of oxime groups is 1. The largest absolute Gasteiger partial charge is 0.381 e. The van der Waals surface area contributed by atoms with Crippen molar-refractivity contribution in [3.63, 3.8) is 0 Å². The minimum atomic E-state index is -0.971. The molecule has 0 N–H and O–H groups in total. The monoisotopic (exact) mass is 388 g/mol. The van der Waals surface area contributed by atoms with Gasteiger partial charge in [-0.1, -0.05) is 33.2 Å². The zero-order valence-corrected chi connectivity index (χ0v) is 13.7. The third-order valence-corrected chi connectivity index (χ3v) is 4.57. The number of carbonyl (C=O) groups excluding carboxylic acids is 2. The third-order valence-electron chi connectivity index (χ3n) is 4.04. The SMILES string of the molecule is O=C1C2ON=C(c3ccc(F)cc3)C2C(=O)N1c1ccc(Br)cc1. The maximum Gasteiger partial charge on any atom is 0.278 e. The molecule has 0 aromatic heterocycles. The second-order valence-corrected chi connectivity index (χ2v) is 6.39. The fraction of sp³-hybridized carbons (Fsp3) is 0.118. The normalized spacial score (nSPS) is 22.4. The van der Waals surface area contributed by atoms with Gasteiger partial charge in [-0.05, 0) is 36.4 Å². The van der Waals surface area contributed by atoms with Crippen LogP contribution in [0.2, 0.25) is 0 Å². The Bertz CT molecular complexity index is 864. The van der Waals surface area contributed by atoms with Gasteiger partial charge in [0.05, 0.1) is 5.69 Å². The molecule has 0 saturated carbocycles. The van der Waals surface area contributed by atoms with Gasteiger partial charge < -0.3 is 4.84 Å². The Hall–Kier alpha value is -2.54. The van der Waals surface area contributed by atoms with E-state index < -0.39 is 23.8 Å². The number of imide groups is 1. The average molecular weight is 389 g/mol. The fourth-order valence-electron chi connectivity index (χ4n) is 2.88. The maximum atomic E-state index is 13.1. The molecule has 5 nitrogen and oxygen atoms in total. The number of fused-ring (bicyclic) bond motifs is 1. The van der Waals surface area contributed by atoms with Gasteiger partial charge in [-0.15, -0.1) is 0 Å². The number of benzene rings is 2. The second-order valence-electron chi connectivity index (χ2n) is 5.48. The molecule has 7 heteroatoms. The molecule has 2 aromatic rings. The van der Waals surface area contributed by atoms with Crippen LogP contribution in [0.15, 0.2) is 58.2 Å². The van der Waals surface area contributed by atoms with Crippen molar-refractivity contribution in [3.05, 3.63) is 64.4 Å². The Labute approximate surface area is 144 Å². The minimum Gasteiger partial charge on any atom is -0.381 e. The van der Waals surface area contributed by atoms with Gasteiger partial charge in [0.25, 0.3) is 5.91 Å². The molecule has 2 unspecified atom stereocenters. The molecule has 1 saturated heterocycles. The first kappa shape index (κ1) is 15.0. The van der Waals surface area contributed by atoms with Crippen LogP contribution in [0.3, 0.4) is 0 Å². The smallest absolute Gasteiger partial charge is 0.278 e. The van der Waals surface area contributed by atoms with Crippen LogP contribution in [0, 0.1) is 11.7 Å². The number of amides is 2. The van der Waals surface area contributed by atoms with Crippen molar-refractivity contribution in [2.45, 2.75) is 6.10 Å². The molecule has 0 spiro atoms. The number of carbonyl (C=O) groups is 2. The first-order valence-electron chi connectivity index (χ1n) is 7.19. The van der Waals surface area contributed by atoms with Gasteiger partial charge in [0.2, 0.25) is 12.0 Å². The van der Waals surface area contributed by atoms with E-state index >= 15 is 0 Å². The van der Waals surface area contributed by atoms with E-state index in [2.05, 4.69) is 21.1 Å². The van der Waals surface area contributed by atoms with Crippen LogP contribution in [0.1, 0.15) is 5.56 Å². The maximum absolute atomic E-state index is 13.1. The Morgan fingerprint density at radius 1 is 1.00 bits per heavy atom. The number of halogens is 2. The fourth-order valence-corrected chi connectivity index (χ4v) is 3.15. The summed E-state index contributed by atoms with van der Waals surface area (Å²) >= 11 is 3.32. The van der Waals surface area contributed by atoms with Crippen molar-refractivity contribution in [1.82, 2.24) is 0 Å². The van der Waals surface area contributed by atoms with E-state index in [0.29, 0.717) is 17.0 Å². The van der Waals surface area contributed by atoms with Gasteiger partial charge in [0, 0.05) is 10.0 Å². The lowest BCUT2D eigenvalue weighted by Crippen LogP contribution is -2.33. The quantitative estimate of drug-likeness (QED) is 0.743. The van der Waals surface area contributed by atoms with Crippen LogP contribution in [0.4, 0.5) is 10.1 Å². The second kappa shape index (κ2) is 5.52. The van der Waals surface area contributed by atoms with Crippen molar-refractivity contribution in [3.8, 4) is 0 Å². The van der Waals surface area contributed by atoms with Gasteiger partial charge in [0.1, 0.15) is 17.4 Å². The molecule has 4 rings (SSSR count). The van der Waals surface area contributed by atoms with Crippen LogP contribution < -0.4 is 4.90 Å². The molecule has 2 aromatic carbocycles. The molecule has 2 amide bonds. The van der Waals surface area contributed by atoms with E-state index in [0.717, 1.165) is 9.37 Å². The highest BCUT2D eigenvalue weighted by molar-refractivity contribution is 9.10. The van der Waals surface area contributed by atoms with E-state index in [9.17, 15) is 14.0 Å². The number of hydrogen-bond donors (Lipinski definition) is 0. The summed E-state index contributed by atoms with van der Waals surface area (Å²) in [6, 6.07) is 12.4. The Morgan fingerprint density at radius 2 is 1.67 bits per heavy atom. The number of nitrogens with zero attached hydrogens (tertiary/aromatic N) is 2. The summed E-state index contributed by atoms with van der Waals surface area (Å²) in [4.78, 5) is 31.7. The van der Waals surface area contributed by atoms with E-state index in [1.165, 1.54) is 24.3 Å². The molecule has 1 fully saturated rings. The Morgan fingerprint density at radius 3 is 2.33 bits per heavy atom. The van der Waals surface area contributed by atoms with Gasteiger partial charge >= 0.3 is 0 Å². The first-order chi connectivity index (χ1) is 11.6. The van der Waals surface area contributed by atoms with Crippen molar-refractivity contribution in [1.29, 1.82) is 0 Å². The molecular formula is C17H10BrFN2O3. The van der Waals surface area contributed by atoms with Gasteiger partial charge in [-0.25, -0.2) is 9.29 Å². The highest BCUT2D eigenvalue weighted by atomic mass is 79.9. The highest BCUT2D eigenvalue weighted by Gasteiger charge is 2.56. The summed E-state index contributed by atoms with van der Waals surface area (Å²) in [5, 5.41) is 3.88.